The molecule has 0 aliphatic heterocycles. The average molecular weight is 443 g/mol. The van der Waals surface area contributed by atoms with Gasteiger partial charge < -0.3 is 20.9 Å². The van der Waals surface area contributed by atoms with Crippen LogP contribution in [0.15, 0.2) is 27.5 Å². The second kappa shape index (κ2) is 12.7. The van der Waals surface area contributed by atoms with E-state index in [2.05, 4.69) is 70.1 Å². The molecule has 26 heavy (non-hydrogen) atoms. The van der Waals surface area contributed by atoms with Gasteiger partial charge in [-0.1, -0.05) is 0 Å². The van der Waals surface area contributed by atoms with Crippen LogP contribution in [0.25, 0.3) is 0 Å². The first-order chi connectivity index (χ1) is 12.3. The van der Waals surface area contributed by atoms with Crippen molar-refractivity contribution in [2.45, 2.75) is 0 Å². The van der Waals surface area contributed by atoms with Crippen molar-refractivity contribution in [1.82, 2.24) is 19.9 Å². The van der Waals surface area contributed by atoms with Crippen LogP contribution in [0.3, 0.4) is 0 Å². The summed E-state index contributed by atoms with van der Waals surface area (Å²) in [4.78, 5) is 36.5. The van der Waals surface area contributed by atoms with E-state index in [1.165, 1.54) is 32.8 Å². The summed E-state index contributed by atoms with van der Waals surface area (Å²) in [6.45, 7) is 0. The van der Waals surface area contributed by atoms with Crippen molar-refractivity contribution in [3.8, 4) is 0 Å². The molecule has 0 amide bonds. The average Bonchev–Trinajstić information content (AvgIpc) is 2.64. The van der Waals surface area contributed by atoms with E-state index in [1.54, 1.807) is 0 Å². The summed E-state index contributed by atoms with van der Waals surface area (Å²) in [6.07, 6.45) is 3.82. The second-order valence-corrected chi connectivity index (χ2v) is 4.84. The van der Waals surface area contributed by atoms with E-state index in [9.17, 15) is 9.59 Å². The predicted octanol–water partition coefficient (Wildman–Crippen LogP) is 0.637. The van der Waals surface area contributed by atoms with E-state index >= 15 is 0 Å². The molecule has 0 unspecified atom stereocenters. The van der Waals surface area contributed by atoms with Crippen molar-refractivity contribution >= 4 is 60.0 Å². The Bertz CT molecular complexity index is 751. The van der Waals surface area contributed by atoms with Crippen molar-refractivity contribution in [3.63, 3.8) is 0 Å². The normalized spacial score (nSPS) is 8.73. The molecule has 4 N–H and O–H groups in total. The van der Waals surface area contributed by atoms with Crippen molar-refractivity contribution in [1.29, 1.82) is 0 Å². The summed E-state index contributed by atoms with van der Waals surface area (Å²) in [5.41, 5.74) is 10.9. The van der Waals surface area contributed by atoms with Gasteiger partial charge in [0.15, 0.2) is 17.2 Å². The summed E-state index contributed by atoms with van der Waals surface area (Å²) in [5, 5.41) is 0. The van der Waals surface area contributed by atoms with Crippen LogP contribution in [0.1, 0.15) is 21.0 Å². The van der Waals surface area contributed by atoms with Crippen LogP contribution in [0.4, 0.5) is 11.6 Å². The van der Waals surface area contributed by atoms with E-state index < -0.39 is 11.9 Å². The van der Waals surface area contributed by atoms with Gasteiger partial charge in [0.2, 0.25) is 0 Å². The third-order valence-corrected chi connectivity index (χ3v) is 2.80. The number of halogens is 1. The van der Waals surface area contributed by atoms with E-state index in [4.69, 9.17) is 11.5 Å². The van der Waals surface area contributed by atoms with Gasteiger partial charge in [0, 0.05) is 0 Å². The standard InChI is InChI=1S/C6H6BrN3O2.C6H7N3O2.BHNS/c1-12-6(11)3-2-9-5(8)4(7)10-3;1-11-6(10)4-2-9-5(7)3-8-4;1-2-3/h2H,1H3,(H2,8,9);2-3H,1H3,(H2,7,9);3H. The Balaban J connectivity index is 0.000000419. The molecule has 1 radical (unpaired) electrons. The Morgan fingerprint density at radius 1 is 1.08 bits per heavy atom. The van der Waals surface area contributed by atoms with Crippen LogP contribution in [0.2, 0.25) is 0 Å². The Morgan fingerprint density at radius 3 is 2.00 bits per heavy atom. The first kappa shape index (κ1) is 23.4. The Morgan fingerprint density at radius 2 is 1.58 bits per heavy atom. The molecular weight excluding hydrogens is 429 g/mol. The number of carbonyl (C=O) groups is 2. The molecule has 0 aliphatic rings. The Labute approximate surface area is 163 Å². The summed E-state index contributed by atoms with van der Waals surface area (Å²) in [6, 6.07) is 0. The number of hydrogen-bond donors (Lipinski definition) is 3. The maximum absolute atomic E-state index is 10.9. The van der Waals surface area contributed by atoms with Crippen LogP contribution < -0.4 is 11.5 Å². The molecule has 0 saturated heterocycles. The molecule has 2 aromatic heterocycles. The number of nitrogens with two attached hydrogens (primary N) is 2. The predicted molar refractivity (Wildman–Crippen MR) is 100 cm³/mol. The molecule has 137 valence electrons. The number of esters is 2. The topological polar surface area (TPSA) is 169 Å². The molecule has 0 saturated carbocycles. The fraction of sp³-hybridized carbons (Fsp3) is 0.167. The summed E-state index contributed by atoms with van der Waals surface area (Å²) >= 11 is 6.23. The van der Waals surface area contributed by atoms with E-state index in [-0.39, 0.29) is 23.0 Å². The summed E-state index contributed by atoms with van der Waals surface area (Å²) in [7, 11) is 6.89. The molecule has 11 nitrogen and oxygen atoms in total. The molecule has 0 aliphatic carbocycles. The molecular formula is C12H14BBrN7O4S. The SMILES string of the molecule is COC(=O)c1cnc(N)c(Br)n1.COC(=O)c1cnc(N)cn1.[B]=NS. The number of nitrogen functional groups attached to an aromatic ring is 2. The van der Waals surface area contributed by atoms with Gasteiger partial charge in [0.25, 0.3) is 0 Å². The third kappa shape index (κ3) is 8.48. The van der Waals surface area contributed by atoms with Gasteiger partial charge in [-0.25, -0.2) is 29.5 Å². The summed E-state index contributed by atoms with van der Waals surface area (Å²) < 4.78 is 11.9. The van der Waals surface area contributed by atoms with Crippen molar-refractivity contribution in [3.05, 3.63) is 34.6 Å². The van der Waals surface area contributed by atoms with Crippen LogP contribution in [0.5, 0.6) is 0 Å². The van der Waals surface area contributed by atoms with Crippen LogP contribution in [0, 0.1) is 0 Å². The fourth-order valence-electron chi connectivity index (χ4n) is 1.13. The van der Waals surface area contributed by atoms with Crippen LogP contribution in [-0.2, 0) is 9.47 Å². The molecule has 0 fully saturated rings. The van der Waals surface area contributed by atoms with E-state index in [0.717, 1.165) is 0 Å². The number of thiol groups is 1. The first-order valence-electron chi connectivity index (χ1n) is 6.37. The zero-order valence-corrected chi connectivity index (χ0v) is 16.1. The number of nitrogens with zero attached hydrogens (tertiary/aromatic N) is 5. The zero-order valence-electron chi connectivity index (χ0n) is 13.7. The first-order valence-corrected chi connectivity index (χ1v) is 7.56. The van der Waals surface area contributed by atoms with Crippen LogP contribution >= 0.6 is 28.7 Å². The molecule has 14 heteroatoms. The second-order valence-electron chi connectivity index (χ2n) is 3.86. The number of hydrogen-bond acceptors (Lipinski definition) is 12. The quantitative estimate of drug-likeness (QED) is 0.340. The zero-order chi connectivity index (χ0) is 20.1. The van der Waals surface area contributed by atoms with Gasteiger partial charge in [0.05, 0.1) is 32.8 Å². The van der Waals surface area contributed by atoms with Gasteiger partial charge in [-0.15, -0.1) is 0 Å². The Hall–Kier alpha value is -2.61. The number of aromatic nitrogens is 4. The molecule has 0 atom stereocenters. The van der Waals surface area contributed by atoms with Gasteiger partial charge >= 0.3 is 36.7 Å². The van der Waals surface area contributed by atoms with Gasteiger partial charge in [-0.05, 0) is 15.9 Å². The van der Waals surface area contributed by atoms with E-state index in [0.29, 0.717) is 4.60 Å². The number of anilines is 2. The number of ether oxygens (including phenoxy) is 2. The number of methoxy groups -OCH3 is 2. The molecule has 0 aromatic carbocycles. The molecule has 2 heterocycles. The Kier molecular flexibility index (Phi) is 11.4. The third-order valence-electron chi connectivity index (χ3n) is 2.22. The van der Waals surface area contributed by atoms with Gasteiger partial charge in [-0.3, -0.25) is 0 Å². The monoisotopic (exact) mass is 442 g/mol. The van der Waals surface area contributed by atoms with Crippen molar-refractivity contribution in [2.75, 3.05) is 25.7 Å². The van der Waals surface area contributed by atoms with Crippen molar-refractivity contribution in [2.24, 2.45) is 4.30 Å². The minimum atomic E-state index is -0.539. The van der Waals surface area contributed by atoms with Crippen molar-refractivity contribution < 1.29 is 19.1 Å². The number of carbonyl (C=O) groups excluding carboxylic acids is 2. The number of rotatable bonds is 2. The minimum absolute atomic E-state index is 0.124. The molecule has 2 rings (SSSR count). The van der Waals surface area contributed by atoms with E-state index in [1.807, 2.05) is 0 Å². The molecule has 2 aromatic rings. The van der Waals surface area contributed by atoms with Gasteiger partial charge in [-0.2, -0.15) is 0 Å². The van der Waals surface area contributed by atoms with Crippen LogP contribution in [-0.4, -0.2) is 53.7 Å². The van der Waals surface area contributed by atoms with Gasteiger partial charge in [0.1, 0.15) is 10.4 Å². The fourth-order valence-corrected chi connectivity index (χ4v) is 1.42. The maximum atomic E-state index is 10.9. The molecule has 0 spiro atoms. The summed E-state index contributed by atoms with van der Waals surface area (Å²) in [5.74, 6) is -0.541. The molecule has 0 bridgehead atoms.